The summed E-state index contributed by atoms with van der Waals surface area (Å²) in [6, 6.07) is 18.8. The average molecular weight is 365 g/mol. The number of nitrogens with one attached hydrogen (secondary N) is 2. The monoisotopic (exact) mass is 364 g/mol. The van der Waals surface area contributed by atoms with Crippen LogP contribution in [-0.4, -0.2) is 14.9 Å². The lowest BCUT2D eigenvalue weighted by molar-refractivity contribution is 0.659. The highest BCUT2D eigenvalue weighted by molar-refractivity contribution is 7.80. The minimum Gasteiger partial charge on any atom is -0.358 e. The summed E-state index contributed by atoms with van der Waals surface area (Å²) >= 11 is 5.46. The van der Waals surface area contributed by atoms with Crippen LogP contribution in [0.3, 0.4) is 0 Å². The summed E-state index contributed by atoms with van der Waals surface area (Å²) in [4.78, 5) is 0. The van der Waals surface area contributed by atoms with E-state index in [2.05, 4.69) is 66.0 Å². The minimum absolute atomic E-state index is 0.607. The molecule has 134 valence electrons. The van der Waals surface area contributed by atoms with Crippen molar-refractivity contribution in [3.05, 3.63) is 82.7 Å². The van der Waals surface area contributed by atoms with Gasteiger partial charge in [-0.2, -0.15) is 5.10 Å². The van der Waals surface area contributed by atoms with Gasteiger partial charge in [-0.1, -0.05) is 60.2 Å². The summed E-state index contributed by atoms with van der Waals surface area (Å²) in [5.74, 6) is 0. The molecule has 0 aliphatic rings. The summed E-state index contributed by atoms with van der Waals surface area (Å²) in [6.07, 6.45) is 0. The zero-order chi connectivity index (χ0) is 18.5. The molecule has 0 unspecified atom stereocenters. The standard InChI is InChI=1S/C21H24N4S/c1-15-9-11-18(12-10-15)13-22-21(26)23-20-16(2)24-25(17(20)3)14-19-7-5-4-6-8-19/h4-12H,13-14H2,1-3H3,(H2,22,23,26). The molecule has 0 amide bonds. The Morgan fingerprint density at radius 3 is 2.35 bits per heavy atom. The van der Waals surface area contributed by atoms with Gasteiger partial charge in [0, 0.05) is 6.54 Å². The van der Waals surface area contributed by atoms with Crippen LogP contribution in [0.4, 0.5) is 5.69 Å². The fourth-order valence-electron chi connectivity index (χ4n) is 2.83. The molecular formula is C21H24N4S. The van der Waals surface area contributed by atoms with Crippen molar-refractivity contribution in [1.29, 1.82) is 0 Å². The summed E-state index contributed by atoms with van der Waals surface area (Å²) in [5.41, 5.74) is 6.68. The summed E-state index contributed by atoms with van der Waals surface area (Å²) < 4.78 is 2.01. The maximum Gasteiger partial charge on any atom is 0.171 e. The molecule has 5 heteroatoms. The van der Waals surface area contributed by atoms with Crippen LogP contribution in [0.15, 0.2) is 54.6 Å². The van der Waals surface area contributed by atoms with E-state index in [-0.39, 0.29) is 0 Å². The van der Waals surface area contributed by atoms with Crippen molar-refractivity contribution in [3.8, 4) is 0 Å². The number of hydrogen-bond acceptors (Lipinski definition) is 2. The smallest absolute Gasteiger partial charge is 0.171 e. The molecular weight excluding hydrogens is 340 g/mol. The molecule has 1 aromatic heterocycles. The summed E-state index contributed by atoms with van der Waals surface area (Å²) in [5, 5.41) is 11.8. The second-order valence-electron chi connectivity index (χ2n) is 6.48. The molecule has 0 atom stereocenters. The Kier molecular flexibility index (Phi) is 5.68. The second kappa shape index (κ2) is 8.15. The van der Waals surface area contributed by atoms with E-state index in [1.54, 1.807) is 0 Å². The van der Waals surface area contributed by atoms with Crippen LogP contribution < -0.4 is 10.6 Å². The lowest BCUT2D eigenvalue weighted by Gasteiger charge is -2.11. The molecule has 0 aliphatic carbocycles. The third-order valence-corrected chi connectivity index (χ3v) is 4.62. The first kappa shape index (κ1) is 18.1. The number of rotatable bonds is 5. The zero-order valence-electron chi connectivity index (χ0n) is 15.4. The zero-order valence-corrected chi connectivity index (χ0v) is 16.2. The topological polar surface area (TPSA) is 41.9 Å². The number of nitrogens with zero attached hydrogens (tertiary/aromatic N) is 2. The van der Waals surface area contributed by atoms with E-state index >= 15 is 0 Å². The molecule has 0 fully saturated rings. The van der Waals surface area contributed by atoms with Crippen molar-refractivity contribution >= 4 is 23.0 Å². The van der Waals surface area contributed by atoms with Gasteiger partial charge in [0.05, 0.1) is 23.6 Å². The van der Waals surface area contributed by atoms with E-state index in [0.29, 0.717) is 11.7 Å². The summed E-state index contributed by atoms with van der Waals surface area (Å²) in [6.45, 7) is 7.59. The van der Waals surface area contributed by atoms with Crippen LogP contribution >= 0.6 is 12.2 Å². The van der Waals surface area contributed by atoms with Crippen molar-refractivity contribution < 1.29 is 0 Å². The third-order valence-electron chi connectivity index (χ3n) is 4.37. The van der Waals surface area contributed by atoms with Gasteiger partial charge in [-0.05, 0) is 44.1 Å². The van der Waals surface area contributed by atoms with E-state index in [4.69, 9.17) is 12.2 Å². The van der Waals surface area contributed by atoms with Crippen LogP contribution in [-0.2, 0) is 13.1 Å². The van der Waals surface area contributed by atoms with Gasteiger partial charge < -0.3 is 10.6 Å². The van der Waals surface area contributed by atoms with Crippen LogP contribution in [0.25, 0.3) is 0 Å². The predicted molar refractivity (Wildman–Crippen MR) is 111 cm³/mol. The van der Waals surface area contributed by atoms with Gasteiger partial charge in [0.25, 0.3) is 0 Å². The Morgan fingerprint density at radius 2 is 1.65 bits per heavy atom. The normalized spacial score (nSPS) is 10.6. The highest BCUT2D eigenvalue weighted by Crippen LogP contribution is 2.20. The SMILES string of the molecule is Cc1ccc(CNC(=S)Nc2c(C)nn(Cc3ccccc3)c2C)cc1. The fourth-order valence-corrected chi connectivity index (χ4v) is 3.01. The van der Waals surface area contributed by atoms with Gasteiger partial charge in [0.1, 0.15) is 0 Å². The van der Waals surface area contributed by atoms with Gasteiger partial charge in [0.15, 0.2) is 5.11 Å². The quantitative estimate of drug-likeness (QED) is 0.661. The molecule has 0 bridgehead atoms. The molecule has 2 N–H and O–H groups in total. The number of aryl methyl sites for hydroxylation is 2. The number of thiocarbonyl (C=S) groups is 1. The predicted octanol–water partition coefficient (Wildman–Crippen LogP) is 4.34. The molecule has 0 saturated carbocycles. The number of aromatic nitrogens is 2. The molecule has 3 rings (SSSR count). The van der Waals surface area contributed by atoms with Crippen molar-refractivity contribution in [2.45, 2.75) is 33.9 Å². The Balaban J connectivity index is 1.63. The minimum atomic E-state index is 0.607. The first-order valence-electron chi connectivity index (χ1n) is 8.71. The Labute approximate surface area is 160 Å². The average Bonchev–Trinajstić information content (AvgIpc) is 2.89. The fraction of sp³-hybridized carbons (Fsp3) is 0.238. The van der Waals surface area contributed by atoms with E-state index in [1.165, 1.54) is 16.7 Å². The lowest BCUT2D eigenvalue weighted by Crippen LogP contribution is -2.28. The van der Waals surface area contributed by atoms with E-state index in [1.807, 2.05) is 29.8 Å². The first-order chi connectivity index (χ1) is 12.5. The van der Waals surface area contributed by atoms with Crippen LogP contribution in [0, 0.1) is 20.8 Å². The van der Waals surface area contributed by atoms with Crippen LogP contribution in [0.2, 0.25) is 0 Å². The molecule has 3 aromatic rings. The molecule has 0 aliphatic heterocycles. The van der Waals surface area contributed by atoms with E-state index in [0.717, 1.165) is 23.6 Å². The van der Waals surface area contributed by atoms with Crippen molar-refractivity contribution in [2.75, 3.05) is 5.32 Å². The van der Waals surface area contributed by atoms with Crippen LogP contribution in [0.5, 0.6) is 0 Å². The van der Waals surface area contributed by atoms with Gasteiger partial charge in [-0.25, -0.2) is 0 Å². The highest BCUT2D eigenvalue weighted by atomic mass is 32.1. The van der Waals surface area contributed by atoms with Crippen LogP contribution in [0.1, 0.15) is 28.1 Å². The molecule has 26 heavy (non-hydrogen) atoms. The van der Waals surface area contributed by atoms with E-state index < -0.39 is 0 Å². The maximum absolute atomic E-state index is 5.46. The maximum atomic E-state index is 5.46. The van der Waals surface area contributed by atoms with Gasteiger partial charge in [0.2, 0.25) is 0 Å². The Morgan fingerprint density at radius 1 is 0.962 bits per heavy atom. The molecule has 1 heterocycles. The molecule has 2 aromatic carbocycles. The summed E-state index contributed by atoms with van der Waals surface area (Å²) in [7, 11) is 0. The number of anilines is 1. The third kappa shape index (κ3) is 4.49. The van der Waals surface area contributed by atoms with Crippen molar-refractivity contribution in [2.24, 2.45) is 0 Å². The van der Waals surface area contributed by atoms with Gasteiger partial charge in [-0.3, -0.25) is 4.68 Å². The molecule has 0 saturated heterocycles. The highest BCUT2D eigenvalue weighted by Gasteiger charge is 2.13. The Bertz CT molecular complexity index is 882. The van der Waals surface area contributed by atoms with Crippen molar-refractivity contribution in [3.63, 3.8) is 0 Å². The number of hydrogen-bond donors (Lipinski definition) is 2. The number of benzene rings is 2. The first-order valence-corrected chi connectivity index (χ1v) is 9.12. The molecule has 4 nitrogen and oxygen atoms in total. The largest absolute Gasteiger partial charge is 0.358 e. The van der Waals surface area contributed by atoms with Crippen molar-refractivity contribution in [1.82, 2.24) is 15.1 Å². The molecule has 0 radical (unpaired) electrons. The lowest BCUT2D eigenvalue weighted by atomic mass is 10.1. The second-order valence-corrected chi connectivity index (χ2v) is 6.89. The molecule has 0 spiro atoms. The van der Waals surface area contributed by atoms with Gasteiger partial charge >= 0.3 is 0 Å². The van der Waals surface area contributed by atoms with E-state index in [9.17, 15) is 0 Å². The van der Waals surface area contributed by atoms with Gasteiger partial charge in [-0.15, -0.1) is 0 Å². The Hall–Kier alpha value is -2.66.